The lowest BCUT2D eigenvalue weighted by Crippen LogP contribution is -2.48. The molecule has 0 bridgehead atoms. The highest BCUT2D eigenvalue weighted by Crippen LogP contribution is 2.31. The van der Waals surface area contributed by atoms with Crippen molar-refractivity contribution in [1.82, 2.24) is 4.90 Å². The number of likely N-dealkylation sites (tertiary alicyclic amines) is 1. The Bertz CT molecular complexity index is 236. The average Bonchev–Trinajstić information content (AvgIpc) is 2.23. The quantitative estimate of drug-likeness (QED) is 0.706. The molecule has 88 valence electrons. The van der Waals surface area contributed by atoms with Gasteiger partial charge in [-0.05, 0) is 32.1 Å². The van der Waals surface area contributed by atoms with Gasteiger partial charge in [-0.15, -0.1) is 0 Å². The zero-order chi connectivity index (χ0) is 11.7. The lowest BCUT2D eigenvalue weighted by atomic mass is 9.86. The Labute approximate surface area is 92.5 Å². The summed E-state index contributed by atoms with van der Waals surface area (Å²) in [6.45, 7) is 9.85. The fourth-order valence-corrected chi connectivity index (χ4v) is 2.27. The van der Waals surface area contributed by atoms with Crippen molar-refractivity contribution in [3.63, 3.8) is 0 Å². The van der Waals surface area contributed by atoms with E-state index in [1.165, 1.54) is 0 Å². The van der Waals surface area contributed by atoms with E-state index >= 15 is 0 Å². The Morgan fingerprint density at radius 1 is 1.47 bits per heavy atom. The van der Waals surface area contributed by atoms with Crippen molar-refractivity contribution in [2.24, 2.45) is 5.41 Å². The zero-order valence-corrected chi connectivity index (χ0v) is 10.3. The number of aldehydes is 1. The van der Waals surface area contributed by atoms with Crippen LogP contribution < -0.4 is 0 Å². The second-order valence-corrected chi connectivity index (χ2v) is 6.00. The number of aliphatic hydroxyl groups excluding tert-OH is 1. The van der Waals surface area contributed by atoms with Crippen LogP contribution in [0.2, 0.25) is 0 Å². The number of aliphatic hydroxyl groups is 1. The number of hydrogen-bond donors (Lipinski definition) is 1. The van der Waals surface area contributed by atoms with Crippen LogP contribution in [-0.4, -0.2) is 41.0 Å². The molecule has 15 heavy (non-hydrogen) atoms. The van der Waals surface area contributed by atoms with Crippen molar-refractivity contribution in [1.29, 1.82) is 0 Å². The largest absolute Gasteiger partial charge is 0.393 e. The normalized spacial score (nSPS) is 28.5. The maximum atomic E-state index is 11.0. The third kappa shape index (κ3) is 3.28. The minimum atomic E-state index is -0.415. The van der Waals surface area contributed by atoms with E-state index in [4.69, 9.17) is 0 Å². The SMILES string of the molecule is CC1(C)CC(O)CCN(C(C)(C)C=O)C1. The van der Waals surface area contributed by atoms with Crippen LogP contribution in [0.5, 0.6) is 0 Å². The Morgan fingerprint density at radius 3 is 2.60 bits per heavy atom. The molecule has 0 saturated carbocycles. The zero-order valence-electron chi connectivity index (χ0n) is 10.3. The van der Waals surface area contributed by atoms with Gasteiger partial charge in [-0.25, -0.2) is 0 Å². The molecule has 1 N–H and O–H groups in total. The molecule has 3 nitrogen and oxygen atoms in total. The van der Waals surface area contributed by atoms with Gasteiger partial charge in [0.2, 0.25) is 0 Å². The predicted octanol–water partition coefficient (Wildman–Crippen LogP) is 1.45. The third-order valence-electron chi connectivity index (χ3n) is 3.24. The molecule has 0 spiro atoms. The van der Waals surface area contributed by atoms with E-state index in [-0.39, 0.29) is 11.5 Å². The molecule has 1 aliphatic heterocycles. The highest BCUT2D eigenvalue weighted by molar-refractivity contribution is 5.62. The predicted molar refractivity (Wildman–Crippen MR) is 60.7 cm³/mol. The Balaban J connectivity index is 2.80. The van der Waals surface area contributed by atoms with Crippen LogP contribution in [0.1, 0.15) is 40.5 Å². The van der Waals surface area contributed by atoms with Crippen LogP contribution in [0, 0.1) is 5.41 Å². The fourth-order valence-electron chi connectivity index (χ4n) is 2.27. The van der Waals surface area contributed by atoms with Gasteiger partial charge in [0.1, 0.15) is 6.29 Å². The average molecular weight is 213 g/mol. The molecule has 0 aromatic heterocycles. The summed E-state index contributed by atoms with van der Waals surface area (Å²) in [5, 5.41) is 9.77. The van der Waals surface area contributed by atoms with Crippen LogP contribution in [-0.2, 0) is 4.79 Å². The molecule has 0 aromatic rings. The summed E-state index contributed by atoms with van der Waals surface area (Å²) in [6.07, 6.45) is 2.35. The van der Waals surface area contributed by atoms with E-state index in [2.05, 4.69) is 18.7 Å². The first-order chi connectivity index (χ1) is 6.77. The van der Waals surface area contributed by atoms with Gasteiger partial charge < -0.3 is 9.90 Å². The van der Waals surface area contributed by atoms with E-state index in [9.17, 15) is 9.90 Å². The van der Waals surface area contributed by atoms with Crippen LogP contribution in [0.15, 0.2) is 0 Å². The highest BCUT2D eigenvalue weighted by Gasteiger charge is 2.35. The molecule has 1 atom stereocenters. The summed E-state index contributed by atoms with van der Waals surface area (Å²) in [5.74, 6) is 0. The van der Waals surface area contributed by atoms with Crippen LogP contribution in [0.4, 0.5) is 0 Å². The molecule has 1 aliphatic rings. The van der Waals surface area contributed by atoms with E-state index < -0.39 is 5.54 Å². The minimum Gasteiger partial charge on any atom is -0.393 e. The molecule has 3 heteroatoms. The Kier molecular flexibility index (Phi) is 3.56. The molecule has 0 aromatic carbocycles. The first-order valence-electron chi connectivity index (χ1n) is 5.66. The minimum absolute atomic E-state index is 0.0796. The lowest BCUT2D eigenvalue weighted by Gasteiger charge is -2.37. The van der Waals surface area contributed by atoms with Gasteiger partial charge in [-0.1, -0.05) is 13.8 Å². The smallest absolute Gasteiger partial charge is 0.139 e. The van der Waals surface area contributed by atoms with E-state index in [1.807, 2.05) is 13.8 Å². The Morgan fingerprint density at radius 2 is 2.07 bits per heavy atom. The number of nitrogens with zero attached hydrogens (tertiary/aromatic N) is 1. The molecular formula is C12H23NO2. The summed E-state index contributed by atoms with van der Waals surface area (Å²) < 4.78 is 0. The van der Waals surface area contributed by atoms with Gasteiger partial charge in [0.05, 0.1) is 11.6 Å². The van der Waals surface area contributed by atoms with Gasteiger partial charge in [0, 0.05) is 13.1 Å². The number of carbonyl (C=O) groups is 1. The molecule has 0 radical (unpaired) electrons. The van der Waals surface area contributed by atoms with Crippen molar-refractivity contribution in [2.45, 2.75) is 52.2 Å². The van der Waals surface area contributed by atoms with E-state index in [0.29, 0.717) is 0 Å². The molecule has 1 fully saturated rings. The number of carbonyl (C=O) groups excluding carboxylic acids is 1. The maximum absolute atomic E-state index is 11.0. The third-order valence-corrected chi connectivity index (χ3v) is 3.24. The van der Waals surface area contributed by atoms with Gasteiger partial charge in [-0.2, -0.15) is 0 Å². The second kappa shape index (κ2) is 4.22. The van der Waals surface area contributed by atoms with Crippen molar-refractivity contribution in [2.75, 3.05) is 13.1 Å². The topological polar surface area (TPSA) is 40.5 Å². The monoisotopic (exact) mass is 213 g/mol. The summed E-state index contributed by atoms with van der Waals surface area (Å²) >= 11 is 0. The number of rotatable bonds is 2. The van der Waals surface area contributed by atoms with Crippen molar-refractivity contribution < 1.29 is 9.90 Å². The van der Waals surface area contributed by atoms with Crippen molar-refractivity contribution in [3.8, 4) is 0 Å². The summed E-state index contributed by atoms with van der Waals surface area (Å²) in [4.78, 5) is 13.2. The van der Waals surface area contributed by atoms with Gasteiger partial charge in [-0.3, -0.25) is 4.90 Å². The van der Waals surface area contributed by atoms with E-state index in [1.54, 1.807) is 0 Å². The first kappa shape index (κ1) is 12.7. The molecule has 1 heterocycles. The Hall–Kier alpha value is -0.410. The van der Waals surface area contributed by atoms with Crippen molar-refractivity contribution in [3.05, 3.63) is 0 Å². The highest BCUT2D eigenvalue weighted by atomic mass is 16.3. The van der Waals surface area contributed by atoms with Crippen LogP contribution in [0.25, 0.3) is 0 Å². The molecule has 1 rings (SSSR count). The first-order valence-corrected chi connectivity index (χ1v) is 5.66. The summed E-state index contributed by atoms with van der Waals surface area (Å²) in [7, 11) is 0. The van der Waals surface area contributed by atoms with Crippen LogP contribution in [0.3, 0.4) is 0 Å². The van der Waals surface area contributed by atoms with E-state index in [0.717, 1.165) is 32.2 Å². The summed E-state index contributed by atoms with van der Waals surface area (Å²) in [5.41, 5.74) is -0.336. The molecule has 1 unspecified atom stereocenters. The standard InChI is InChI=1S/C12H23NO2/c1-11(2)7-10(15)5-6-13(8-11)12(3,4)9-14/h9-10,15H,5-8H2,1-4H3. The second-order valence-electron chi connectivity index (χ2n) is 6.00. The van der Waals surface area contributed by atoms with Gasteiger partial charge >= 0.3 is 0 Å². The summed E-state index contributed by atoms with van der Waals surface area (Å²) in [6, 6.07) is 0. The van der Waals surface area contributed by atoms with Gasteiger partial charge in [0.25, 0.3) is 0 Å². The fraction of sp³-hybridized carbons (Fsp3) is 0.917. The number of hydrogen-bond acceptors (Lipinski definition) is 3. The molecule has 1 saturated heterocycles. The molecule has 0 aliphatic carbocycles. The van der Waals surface area contributed by atoms with Crippen LogP contribution >= 0.6 is 0 Å². The molecular weight excluding hydrogens is 190 g/mol. The maximum Gasteiger partial charge on any atom is 0.139 e. The van der Waals surface area contributed by atoms with Crippen molar-refractivity contribution >= 4 is 6.29 Å². The molecule has 0 amide bonds. The van der Waals surface area contributed by atoms with Gasteiger partial charge in [0.15, 0.2) is 0 Å². The lowest BCUT2D eigenvalue weighted by molar-refractivity contribution is -0.117.